The highest BCUT2D eigenvalue weighted by Crippen LogP contribution is 2.45. The van der Waals surface area contributed by atoms with E-state index in [9.17, 15) is 4.79 Å². The molecule has 3 heterocycles. The summed E-state index contributed by atoms with van der Waals surface area (Å²) in [5, 5.41) is 1.91. The molecule has 0 radical (unpaired) electrons. The molecule has 1 saturated carbocycles. The highest BCUT2D eigenvalue weighted by Gasteiger charge is 2.52. The van der Waals surface area contributed by atoms with E-state index >= 15 is 0 Å². The number of hydrogen-bond donors (Lipinski definition) is 1. The molecule has 2 fully saturated rings. The molecule has 6 rings (SSSR count). The van der Waals surface area contributed by atoms with Gasteiger partial charge in [-0.1, -0.05) is 43.0 Å². The van der Waals surface area contributed by atoms with Crippen LogP contribution in [0.15, 0.2) is 42.5 Å². The van der Waals surface area contributed by atoms with Crippen LogP contribution in [-0.4, -0.2) is 45.0 Å². The molecule has 1 aromatic heterocycles. The van der Waals surface area contributed by atoms with Gasteiger partial charge >= 0.3 is 0 Å². The van der Waals surface area contributed by atoms with Gasteiger partial charge in [0.25, 0.3) is 5.91 Å². The van der Waals surface area contributed by atoms with Crippen LogP contribution in [0.2, 0.25) is 0 Å². The average molecular weight is 460 g/mol. The van der Waals surface area contributed by atoms with E-state index in [1.54, 1.807) is 7.11 Å². The fraction of sp³-hybridized carbons (Fsp3) is 0.407. The van der Waals surface area contributed by atoms with E-state index in [2.05, 4.69) is 47.1 Å². The molecule has 1 N–H and O–H groups in total. The van der Waals surface area contributed by atoms with Gasteiger partial charge in [0.1, 0.15) is 11.8 Å². The summed E-state index contributed by atoms with van der Waals surface area (Å²) in [5.74, 6) is 1.00. The summed E-state index contributed by atoms with van der Waals surface area (Å²) >= 11 is 6.04. The number of methoxy groups -OCH3 is 1. The first-order valence-electron chi connectivity index (χ1n) is 12.0. The van der Waals surface area contributed by atoms with Crippen molar-refractivity contribution in [3.8, 4) is 5.75 Å². The Morgan fingerprint density at radius 1 is 1.06 bits per heavy atom. The summed E-state index contributed by atoms with van der Waals surface area (Å²) in [6.45, 7) is 2.12. The van der Waals surface area contributed by atoms with E-state index in [-0.39, 0.29) is 24.0 Å². The van der Waals surface area contributed by atoms with Crippen molar-refractivity contribution >= 4 is 34.1 Å². The van der Waals surface area contributed by atoms with Crippen molar-refractivity contribution in [3.63, 3.8) is 0 Å². The number of rotatable bonds is 3. The zero-order valence-corrected chi connectivity index (χ0v) is 20.0. The number of nitrogens with one attached hydrogen (secondary N) is 1. The quantitative estimate of drug-likeness (QED) is 0.543. The molecule has 2 atom stereocenters. The number of H-pyrrole nitrogens is 1. The predicted octanol–water partition coefficient (Wildman–Crippen LogP) is 5.26. The lowest BCUT2D eigenvalue weighted by Crippen LogP contribution is -2.44. The Morgan fingerprint density at radius 2 is 1.82 bits per heavy atom. The Balaban J connectivity index is 1.50. The second-order valence-electron chi connectivity index (χ2n) is 9.65. The van der Waals surface area contributed by atoms with E-state index in [4.69, 9.17) is 17.0 Å². The summed E-state index contributed by atoms with van der Waals surface area (Å²) in [5.41, 5.74) is 5.86. The van der Waals surface area contributed by atoms with E-state index < -0.39 is 0 Å². The number of aromatic amines is 1. The van der Waals surface area contributed by atoms with Crippen LogP contribution in [0.5, 0.6) is 5.75 Å². The molecule has 1 saturated heterocycles. The van der Waals surface area contributed by atoms with Gasteiger partial charge in [0, 0.05) is 29.1 Å². The maximum Gasteiger partial charge on any atom is 0.252 e. The van der Waals surface area contributed by atoms with Crippen molar-refractivity contribution < 1.29 is 9.53 Å². The number of thiocarbonyl (C=S) groups is 1. The Kier molecular flexibility index (Phi) is 4.94. The third-order valence-corrected chi connectivity index (χ3v) is 8.11. The van der Waals surface area contributed by atoms with Gasteiger partial charge in [-0.3, -0.25) is 9.69 Å². The van der Waals surface area contributed by atoms with Crippen LogP contribution in [0.1, 0.15) is 60.5 Å². The molecule has 5 nitrogen and oxygen atoms in total. The van der Waals surface area contributed by atoms with Gasteiger partial charge in [-0.05, 0) is 67.4 Å². The van der Waals surface area contributed by atoms with Crippen LogP contribution < -0.4 is 4.74 Å². The molecule has 1 aliphatic carbocycles. The molecular formula is C27H29N3O2S. The lowest BCUT2D eigenvalue weighted by Gasteiger charge is -2.38. The number of nitrogens with zero attached hydrogens (tertiary/aromatic N) is 2. The van der Waals surface area contributed by atoms with E-state index in [0.29, 0.717) is 11.5 Å². The van der Waals surface area contributed by atoms with Gasteiger partial charge in [0.2, 0.25) is 0 Å². The van der Waals surface area contributed by atoms with Crippen LogP contribution >= 0.6 is 12.2 Å². The van der Waals surface area contributed by atoms with E-state index in [0.717, 1.165) is 35.4 Å². The number of aromatic nitrogens is 1. The first-order chi connectivity index (χ1) is 16.1. The molecule has 1 amide bonds. The second-order valence-corrected chi connectivity index (χ2v) is 10.0. The van der Waals surface area contributed by atoms with Crippen molar-refractivity contribution in [2.75, 3.05) is 7.11 Å². The van der Waals surface area contributed by atoms with Crippen LogP contribution in [-0.2, 0) is 11.2 Å². The predicted molar refractivity (Wildman–Crippen MR) is 134 cm³/mol. The molecule has 3 aromatic rings. The molecule has 170 valence electrons. The maximum absolute atomic E-state index is 13.8. The third kappa shape index (κ3) is 3.18. The van der Waals surface area contributed by atoms with Crippen LogP contribution in [0.3, 0.4) is 0 Å². The number of aryl methyl sites for hydroxylation is 1. The molecule has 6 heteroatoms. The number of carbonyl (C=O) groups is 1. The zero-order chi connectivity index (χ0) is 22.7. The number of ether oxygens (including phenoxy) is 1. The average Bonchev–Trinajstić information content (AvgIpc) is 3.32. The molecule has 0 spiro atoms. The Hall–Kier alpha value is -2.86. The van der Waals surface area contributed by atoms with Crippen molar-refractivity contribution in [2.24, 2.45) is 0 Å². The highest BCUT2D eigenvalue weighted by atomic mass is 32.1. The monoisotopic (exact) mass is 459 g/mol. The largest absolute Gasteiger partial charge is 0.497 e. The van der Waals surface area contributed by atoms with Crippen molar-refractivity contribution in [1.29, 1.82) is 0 Å². The minimum absolute atomic E-state index is 0.123. The SMILES string of the molecule is COc1ccc(C2c3[nH]c4ccc(C)cc4c3CC3C(=O)N(C4CCCCC4)C(=S)N32)cc1. The van der Waals surface area contributed by atoms with Gasteiger partial charge in [0.15, 0.2) is 5.11 Å². The maximum atomic E-state index is 13.8. The summed E-state index contributed by atoms with van der Waals surface area (Å²) in [6, 6.07) is 14.6. The Bertz CT molecular complexity index is 1240. The number of fused-ring (bicyclic) bond motifs is 4. The van der Waals surface area contributed by atoms with Gasteiger partial charge in [-0.15, -0.1) is 0 Å². The van der Waals surface area contributed by atoms with Crippen molar-refractivity contribution in [1.82, 2.24) is 14.8 Å². The molecule has 0 bridgehead atoms. The summed E-state index contributed by atoms with van der Waals surface area (Å²) < 4.78 is 5.40. The minimum Gasteiger partial charge on any atom is -0.497 e. The molecule has 2 aliphatic heterocycles. The van der Waals surface area contributed by atoms with Gasteiger partial charge in [0.05, 0.1) is 13.2 Å². The fourth-order valence-electron chi connectivity index (χ4n) is 6.06. The summed E-state index contributed by atoms with van der Waals surface area (Å²) in [6.07, 6.45) is 6.38. The minimum atomic E-state index is -0.251. The topological polar surface area (TPSA) is 48.6 Å². The smallest absolute Gasteiger partial charge is 0.252 e. The lowest BCUT2D eigenvalue weighted by molar-refractivity contribution is -0.130. The normalized spacial score (nSPS) is 23.2. The Labute approximate surface area is 199 Å². The molecule has 2 aromatic carbocycles. The zero-order valence-electron chi connectivity index (χ0n) is 19.1. The van der Waals surface area contributed by atoms with Crippen molar-refractivity contribution in [2.45, 2.75) is 63.6 Å². The standard InChI is InChI=1S/C27H29N3O2S/c1-16-8-13-22-20(14-16)21-15-23-26(31)29(18-6-4-3-5-7-18)27(33)30(23)25(24(21)28-22)17-9-11-19(32-2)12-10-17/h8-14,18,23,25,28H,3-7,15H2,1-2H3. The Morgan fingerprint density at radius 3 is 2.55 bits per heavy atom. The van der Waals surface area contributed by atoms with Crippen molar-refractivity contribution in [3.05, 3.63) is 64.8 Å². The third-order valence-electron chi connectivity index (χ3n) is 7.70. The number of carbonyl (C=O) groups excluding carboxylic acids is 1. The van der Waals surface area contributed by atoms with Crippen LogP contribution in [0, 0.1) is 6.92 Å². The molecule has 2 unspecified atom stereocenters. The first kappa shape index (κ1) is 20.7. The van der Waals surface area contributed by atoms with E-state index in [1.165, 1.54) is 35.8 Å². The number of amides is 1. The van der Waals surface area contributed by atoms with Gasteiger partial charge in [-0.2, -0.15) is 0 Å². The van der Waals surface area contributed by atoms with Crippen LogP contribution in [0.4, 0.5) is 0 Å². The summed E-state index contributed by atoms with van der Waals surface area (Å²) in [7, 11) is 1.68. The molecular weight excluding hydrogens is 430 g/mol. The molecule has 33 heavy (non-hydrogen) atoms. The van der Waals surface area contributed by atoms with Gasteiger partial charge < -0.3 is 14.6 Å². The summed E-state index contributed by atoms with van der Waals surface area (Å²) in [4.78, 5) is 21.7. The lowest BCUT2D eigenvalue weighted by atomic mass is 9.88. The highest BCUT2D eigenvalue weighted by molar-refractivity contribution is 7.80. The van der Waals surface area contributed by atoms with Crippen LogP contribution in [0.25, 0.3) is 10.9 Å². The van der Waals surface area contributed by atoms with Gasteiger partial charge in [-0.25, -0.2) is 0 Å². The molecule has 3 aliphatic rings. The number of benzene rings is 2. The first-order valence-corrected chi connectivity index (χ1v) is 12.4. The second kappa shape index (κ2) is 7.87. The number of hydrogen-bond acceptors (Lipinski definition) is 3. The van der Waals surface area contributed by atoms with E-state index in [1.807, 2.05) is 17.0 Å². The fourth-order valence-corrected chi connectivity index (χ4v) is 6.54.